The van der Waals surface area contributed by atoms with E-state index < -0.39 is 0 Å². The van der Waals surface area contributed by atoms with Gasteiger partial charge in [0.1, 0.15) is 12.7 Å². The van der Waals surface area contributed by atoms with E-state index in [0.717, 1.165) is 61.9 Å². The highest BCUT2D eigenvalue weighted by Gasteiger charge is 2.24. The Bertz CT molecular complexity index is 737. The van der Waals surface area contributed by atoms with E-state index in [1.165, 1.54) is 0 Å². The Morgan fingerprint density at radius 1 is 0.923 bits per heavy atom. The fraction of sp³-hybridized carbons (Fsp3) is 0.429. The highest BCUT2D eigenvalue weighted by atomic mass is 16.6. The number of ether oxygens (including phenoxy) is 2. The van der Waals surface area contributed by atoms with Crippen LogP contribution in [-0.4, -0.2) is 55.4 Å². The number of aliphatic hydroxyl groups excluding tert-OH is 1. The maximum Gasteiger partial charge on any atom is 0.161 e. The molecule has 0 saturated carbocycles. The van der Waals surface area contributed by atoms with Gasteiger partial charge in [-0.05, 0) is 24.6 Å². The van der Waals surface area contributed by atoms with Gasteiger partial charge in [0.05, 0.1) is 6.61 Å². The second-order valence-electron chi connectivity index (χ2n) is 6.93. The third-order valence-corrected chi connectivity index (χ3v) is 5.12. The molecule has 1 unspecified atom stereocenters. The number of para-hydroxylation sites is 3. The molecule has 1 atom stereocenters. The summed E-state index contributed by atoms with van der Waals surface area (Å²) in [4.78, 5) is 4.85. The van der Waals surface area contributed by atoms with Crippen molar-refractivity contribution in [2.75, 3.05) is 44.2 Å². The maximum atomic E-state index is 9.60. The van der Waals surface area contributed by atoms with Gasteiger partial charge < -0.3 is 19.5 Å². The van der Waals surface area contributed by atoms with Gasteiger partial charge in [0.25, 0.3) is 0 Å². The number of fused-ring (bicyclic) bond motifs is 1. The number of hydrogen-bond donors (Lipinski definition) is 1. The summed E-state index contributed by atoms with van der Waals surface area (Å²) in [5, 5.41) is 9.60. The summed E-state index contributed by atoms with van der Waals surface area (Å²) in [7, 11) is 0. The Hall–Kier alpha value is -2.24. The first kappa shape index (κ1) is 17.2. The highest BCUT2D eigenvalue weighted by Crippen LogP contribution is 2.31. The van der Waals surface area contributed by atoms with Gasteiger partial charge in [0, 0.05) is 44.0 Å². The van der Waals surface area contributed by atoms with Crippen LogP contribution in [0.25, 0.3) is 0 Å². The lowest BCUT2D eigenvalue weighted by atomic mass is 10.1. The lowest BCUT2D eigenvalue weighted by Crippen LogP contribution is -2.42. The molecule has 1 fully saturated rings. The Labute approximate surface area is 154 Å². The zero-order valence-corrected chi connectivity index (χ0v) is 15.0. The predicted octanol–water partition coefficient (Wildman–Crippen LogP) is 2.53. The van der Waals surface area contributed by atoms with Crippen LogP contribution in [0.4, 0.5) is 5.69 Å². The smallest absolute Gasteiger partial charge is 0.161 e. The van der Waals surface area contributed by atoms with Gasteiger partial charge in [-0.25, -0.2) is 0 Å². The predicted molar refractivity (Wildman–Crippen MR) is 102 cm³/mol. The third-order valence-electron chi connectivity index (χ3n) is 5.12. The van der Waals surface area contributed by atoms with E-state index >= 15 is 0 Å². The van der Waals surface area contributed by atoms with Crippen LogP contribution < -0.4 is 14.4 Å². The van der Waals surface area contributed by atoms with Gasteiger partial charge in [-0.1, -0.05) is 30.3 Å². The van der Waals surface area contributed by atoms with Crippen molar-refractivity contribution in [1.29, 1.82) is 0 Å². The molecule has 0 radical (unpaired) electrons. The molecular weight excluding hydrogens is 328 g/mol. The first-order valence-corrected chi connectivity index (χ1v) is 9.38. The maximum absolute atomic E-state index is 9.60. The second kappa shape index (κ2) is 7.98. The molecule has 5 heteroatoms. The summed E-state index contributed by atoms with van der Waals surface area (Å²) in [6.07, 6.45) is 1.17. The molecule has 2 heterocycles. The van der Waals surface area contributed by atoms with Crippen molar-refractivity contribution in [2.45, 2.75) is 19.1 Å². The average Bonchev–Trinajstić information content (AvgIpc) is 2.93. The van der Waals surface area contributed by atoms with Crippen LogP contribution in [0.15, 0.2) is 48.5 Å². The summed E-state index contributed by atoms with van der Waals surface area (Å²) < 4.78 is 11.9. The van der Waals surface area contributed by atoms with Crippen LogP contribution in [0, 0.1) is 0 Å². The molecule has 2 aromatic carbocycles. The average molecular weight is 354 g/mol. The Morgan fingerprint density at radius 2 is 1.73 bits per heavy atom. The third kappa shape index (κ3) is 3.79. The molecule has 2 aromatic rings. The number of hydrogen-bond acceptors (Lipinski definition) is 5. The molecule has 0 aromatic heterocycles. The molecule has 138 valence electrons. The molecule has 2 aliphatic heterocycles. The van der Waals surface area contributed by atoms with Crippen molar-refractivity contribution in [2.24, 2.45) is 0 Å². The van der Waals surface area contributed by atoms with E-state index in [1.807, 2.05) is 42.5 Å². The Kier molecular flexibility index (Phi) is 5.27. The summed E-state index contributed by atoms with van der Waals surface area (Å²) in [5.41, 5.74) is 2.16. The minimum absolute atomic E-state index is 0.0705. The van der Waals surface area contributed by atoms with Crippen molar-refractivity contribution in [1.82, 2.24) is 4.90 Å². The minimum Gasteiger partial charge on any atom is -0.486 e. The lowest BCUT2D eigenvalue weighted by Gasteiger charge is -2.31. The van der Waals surface area contributed by atoms with Crippen LogP contribution >= 0.6 is 0 Å². The Morgan fingerprint density at radius 3 is 2.62 bits per heavy atom. The second-order valence-corrected chi connectivity index (χ2v) is 6.93. The number of aliphatic hydroxyl groups is 1. The number of benzene rings is 2. The van der Waals surface area contributed by atoms with E-state index in [9.17, 15) is 5.11 Å². The molecule has 26 heavy (non-hydrogen) atoms. The van der Waals surface area contributed by atoms with Crippen molar-refractivity contribution in [3.63, 3.8) is 0 Å². The van der Waals surface area contributed by atoms with E-state index in [0.29, 0.717) is 6.61 Å². The van der Waals surface area contributed by atoms with Gasteiger partial charge in [0.15, 0.2) is 11.5 Å². The van der Waals surface area contributed by atoms with Gasteiger partial charge in [-0.3, -0.25) is 4.90 Å². The SMILES string of the molecule is OCc1ccccc1N1CCCN(CC2COc3ccccc3O2)CC1. The van der Waals surface area contributed by atoms with E-state index in [-0.39, 0.29) is 12.7 Å². The van der Waals surface area contributed by atoms with E-state index in [2.05, 4.69) is 15.9 Å². The first-order chi connectivity index (χ1) is 12.8. The number of nitrogens with zero attached hydrogens (tertiary/aromatic N) is 2. The fourth-order valence-electron chi connectivity index (χ4n) is 3.79. The van der Waals surface area contributed by atoms with Crippen LogP contribution in [0.3, 0.4) is 0 Å². The van der Waals surface area contributed by atoms with Crippen molar-refractivity contribution in [3.8, 4) is 11.5 Å². The molecule has 0 aliphatic carbocycles. The van der Waals surface area contributed by atoms with Crippen LogP contribution in [0.1, 0.15) is 12.0 Å². The van der Waals surface area contributed by atoms with Crippen molar-refractivity contribution < 1.29 is 14.6 Å². The fourth-order valence-corrected chi connectivity index (χ4v) is 3.79. The zero-order chi connectivity index (χ0) is 17.8. The summed E-state index contributed by atoms with van der Waals surface area (Å²) >= 11 is 0. The molecule has 0 spiro atoms. The molecule has 4 rings (SSSR count). The van der Waals surface area contributed by atoms with Gasteiger partial charge in [-0.15, -0.1) is 0 Å². The molecule has 1 saturated heterocycles. The Balaban J connectivity index is 1.36. The van der Waals surface area contributed by atoms with Crippen LogP contribution in [0.5, 0.6) is 11.5 Å². The number of rotatable bonds is 4. The summed E-state index contributed by atoms with van der Waals surface area (Å²) in [6.45, 7) is 5.58. The van der Waals surface area contributed by atoms with E-state index in [4.69, 9.17) is 9.47 Å². The van der Waals surface area contributed by atoms with Gasteiger partial charge in [-0.2, -0.15) is 0 Å². The van der Waals surface area contributed by atoms with E-state index in [1.54, 1.807) is 0 Å². The quantitative estimate of drug-likeness (QED) is 0.914. The molecule has 2 aliphatic rings. The van der Waals surface area contributed by atoms with Crippen molar-refractivity contribution in [3.05, 3.63) is 54.1 Å². The number of anilines is 1. The molecule has 1 N–H and O–H groups in total. The highest BCUT2D eigenvalue weighted by molar-refractivity contribution is 5.53. The molecule has 0 amide bonds. The van der Waals surface area contributed by atoms with Crippen LogP contribution in [0.2, 0.25) is 0 Å². The topological polar surface area (TPSA) is 45.2 Å². The van der Waals surface area contributed by atoms with Gasteiger partial charge in [0.2, 0.25) is 0 Å². The largest absolute Gasteiger partial charge is 0.486 e. The molecular formula is C21H26N2O3. The molecule has 5 nitrogen and oxygen atoms in total. The van der Waals surface area contributed by atoms with Gasteiger partial charge >= 0.3 is 0 Å². The van der Waals surface area contributed by atoms with Crippen LogP contribution in [-0.2, 0) is 6.61 Å². The summed E-state index contributed by atoms with van der Waals surface area (Å²) in [6, 6.07) is 16.0. The minimum atomic E-state index is 0.0705. The van der Waals surface area contributed by atoms with Crippen molar-refractivity contribution >= 4 is 5.69 Å². The first-order valence-electron chi connectivity index (χ1n) is 9.38. The zero-order valence-electron chi connectivity index (χ0n) is 15.0. The molecule has 0 bridgehead atoms. The standard InChI is InChI=1S/C21H26N2O3/c24-15-17-6-1-2-7-19(17)23-11-5-10-22(12-13-23)14-18-16-25-20-8-3-4-9-21(20)26-18/h1-4,6-9,18,24H,5,10-16H2. The summed E-state index contributed by atoms with van der Waals surface area (Å²) in [5.74, 6) is 1.68. The lowest BCUT2D eigenvalue weighted by molar-refractivity contribution is 0.0606. The monoisotopic (exact) mass is 354 g/mol. The normalized spacial score (nSPS) is 20.7.